The monoisotopic (exact) mass is 349 g/mol. The number of hydrogen-bond acceptors (Lipinski definition) is 5. The van der Waals surface area contributed by atoms with Crippen LogP contribution in [0.2, 0.25) is 0 Å². The van der Waals surface area contributed by atoms with Crippen LogP contribution >= 0.6 is 11.8 Å². The van der Waals surface area contributed by atoms with Crippen LogP contribution in [-0.2, 0) is 9.53 Å². The lowest BCUT2D eigenvalue weighted by molar-refractivity contribution is -0.118. The lowest BCUT2D eigenvalue weighted by Gasteiger charge is -2.23. The summed E-state index contributed by atoms with van der Waals surface area (Å²) in [6.45, 7) is 5.27. The first-order chi connectivity index (χ1) is 11.3. The topological polar surface area (TPSA) is 91.2 Å². The molecule has 1 aromatic carbocycles. The lowest BCUT2D eigenvalue weighted by atomic mass is 10.1. The van der Waals surface area contributed by atoms with Gasteiger partial charge in [-0.05, 0) is 51.3 Å². The molecule has 0 aromatic heterocycles. The molecule has 0 heterocycles. The summed E-state index contributed by atoms with van der Waals surface area (Å²) >= 11 is 1.58. The van der Waals surface area contributed by atoms with Gasteiger partial charge in [-0.2, -0.15) is 17.0 Å². The molecule has 0 saturated carbocycles. The number of thioether (sulfide) groups is 1. The first-order valence-electron chi connectivity index (χ1n) is 7.55. The van der Waals surface area contributed by atoms with Crippen molar-refractivity contribution in [3.63, 3.8) is 0 Å². The molecule has 0 saturated heterocycles. The van der Waals surface area contributed by atoms with Crippen molar-refractivity contribution in [1.29, 1.82) is 5.26 Å². The highest BCUT2D eigenvalue weighted by Crippen LogP contribution is 2.15. The number of hydrogen-bond donors (Lipinski definition) is 2. The standard InChI is InChI=1S/C17H23N3O3S/c1-17(2,3)23-16(22)20-14(9-10-24-4)15(21)19-13-8-6-5-7-12(13)11-18/h5-8,14H,9-10H2,1-4H3,(H,19,21)(H,20,22)/t14-/m0/s1. The van der Waals surface area contributed by atoms with E-state index in [9.17, 15) is 9.59 Å². The number of nitriles is 1. The molecule has 1 aromatic rings. The Hall–Kier alpha value is -2.20. The summed E-state index contributed by atoms with van der Waals surface area (Å²) in [5, 5.41) is 14.4. The molecular formula is C17H23N3O3S. The Kier molecular flexibility index (Phi) is 7.59. The number of benzene rings is 1. The average Bonchev–Trinajstić information content (AvgIpc) is 2.50. The molecule has 2 N–H and O–H groups in total. The summed E-state index contributed by atoms with van der Waals surface area (Å²) < 4.78 is 5.20. The van der Waals surface area contributed by atoms with Crippen molar-refractivity contribution in [2.45, 2.75) is 38.8 Å². The van der Waals surface area contributed by atoms with Crippen molar-refractivity contribution in [3.05, 3.63) is 29.8 Å². The van der Waals surface area contributed by atoms with Crippen LogP contribution in [0.4, 0.5) is 10.5 Å². The molecule has 0 bridgehead atoms. The molecule has 1 rings (SSSR count). The SMILES string of the molecule is CSCC[C@H](NC(=O)OC(C)(C)C)C(=O)Nc1ccccc1C#N. The minimum absolute atomic E-state index is 0.367. The number of amides is 2. The van der Waals surface area contributed by atoms with Crippen molar-refractivity contribution in [2.24, 2.45) is 0 Å². The zero-order chi connectivity index (χ0) is 18.2. The van der Waals surface area contributed by atoms with Crippen molar-refractivity contribution < 1.29 is 14.3 Å². The number of rotatable bonds is 6. The van der Waals surface area contributed by atoms with E-state index in [2.05, 4.69) is 10.6 Å². The van der Waals surface area contributed by atoms with E-state index in [1.165, 1.54) is 0 Å². The average molecular weight is 349 g/mol. The van der Waals surface area contributed by atoms with Gasteiger partial charge in [-0.3, -0.25) is 4.79 Å². The van der Waals surface area contributed by atoms with E-state index in [1.807, 2.05) is 12.3 Å². The van der Waals surface area contributed by atoms with E-state index < -0.39 is 17.7 Å². The summed E-state index contributed by atoms with van der Waals surface area (Å²) in [6.07, 6.45) is 1.74. The Morgan fingerprint density at radius 2 is 2.00 bits per heavy atom. The Balaban J connectivity index is 2.81. The molecule has 24 heavy (non-hydrogen) atoms. The number of anilines is 1. The lowest BCUT2D eigenvalue weighted by Crippen LogP contribution is -2.46. The van der Waals surface area contributed by atoms with Gasteiger partial charge in [0.05, 0.1) is 11.3 Å². The summed E-state index contributed by atoms with van der Waals surface area (Å²) in [7, 11) is 0. The summed E-state index contributed by atoms with van der Waals surface area (Å²) in [5.74, 6) is 0.325. The second kappa shape index (κ2) is 9.18. The van der Waals surface area contributed by atoms with Gasteiger partial charge in [0.25, 0.3) is 0 Å². The van der Waals surface area contributed by atoms with Gasteiger partial charge in [0.15, 0.2) is 0 Å². The van der Waals surface area contributed by atoms with Gasteiger partial charge >= 0.3 is 6.09 Å². The molecule has 130 valence electrons. The maximum Gasteiger partial charge on any atom is 0.408 e. The Bertz CT molecular complexity index is 620. The highest BCUT2D eigenvalue weighted by atomic mass is 32.2. The number of para-hydroxylation sites is 1. The quantitative estimate of drug-likeness (QED) is 0.823. The van der Waals surface area contributed by atoms with Gasteiger partial charge < -0.3 is 15.4 Å². The minimum Gasteiger partial charge on any atom is -0.444 e. The molecule has 0 radical (unpaired) electrons. The predicted octanol–water partition coefficient (Wildman–Crippen LogP) is 3.14. The molecule has 0 unspecified atom stereocenters. The highest BCUT2D eigenvalue weighted by molar-refractivity contribution is 7.98. The fourth-order valence-electron chi connectivity index (χ4n) is 1.86. The van der Waals surface area contributed by atoms with E-state index in [1.54, 1.807) is 56.8 Å². The van der Waals surface area contributed by atoms with Gasteiger partial charge in [0.1, 0.15) is 17.7 Å². The van der Waals surface area contributed by atoms with Crippen LogP contribution in [0.25, 0.3) is 0 Å². The number of nitrogens with one attached hydrogen (secondary N) is 2. The molecule has 7 heteroatoms. The Morgan fingerprint density at radius 3 is 2.58 bits per heavy atom. The molecule has 0 fully saturated rings. The van der Waals surface area contributed by atoms with Crippen LogP contribution in [0.15, 0.2) is 24.3 Å². The summed E-state index contributed by atoms with van der Waals surface area (Å²) in [6, 6.07) is 8.01. The number of carbonyl (C=O) groups excluding carboxylic acids is 2. The largest absolute Gasteiger partial charge is 0.444 e. The zero-order valence-corrected chi connectivity index (χ0v) is 15.2. The molecule has 1 atom stereocenters. The highest BCUT2D eigenvalue weighted by Gasteiger charge is 2.24. The maximum atomic E-state index is 12.5. The van der Waals surface area contributed by atoms with Crippen LogP contribution < -0.4 is 10.6 Å². The van der Waals surface area contributed by atoms with Crippen LogP contribution in [0.1, 0.15) is 32.8 Å². The fraction of sp³-hybridized carbons (Fsp3) is 0.471. The smallest absolute Gasteiger partial charge is 0.408 e. The number of nitrogens with zero attached hydrogens (tertiary/aromatic N) is 1. The third kappa shape index (κ3) is 6.92. The van der Waals surface area contributed by atoms with Crippen molar-refractivity contribution in [3.8, 4) is 6.07 Å². The first-order valence-corrected chi connectivity index (χ1v) is 8.94. The normalized spacial score (nSPS) is 12.0. The zero-order valence-electron chi connectivity index (χ0n) is 14.4. The van der Waals surface area contributed by atoms with Gasteiger partial charge in [-0.1, -0.05) is 12.1 Å². The molecule has 0 aliphatic rings. The third-order valence-corrected chi connectivity index (χ3v) is 3.57. The molecule has 2 amide bonds. The van der Waals surface area contributed by atoms with Gasteiger partial charge in [-0.25, -0.2) is 4.79 Å². The Morgan fingerprint density at radius 1 is 1.33 bits per heavy atom. The van der Waals surface area contributed by atoms with Gasteiger partial charge in [0, 0.05) is 0 Å². The predicted molar refractivity (Wildman–Crippen MR) is 95.9 cm³/mol. The molecule has 0 aliphatic heterocycles. The van der Waals surface area contributed by atoms with E-state index in [0.29, 0.717) is 23.4 Å². The Labute approximate surface area is 146 Å². The van der Waals surface area contributed by atoms with Crippen molar-refractivity contribution >= 4 is 29.4 Å². The molecule has 0 spiro atoms. The van der Waals surface area contributed by atoms with E-state index in [4.69, 9.17) is 10.00 Å². The van der Waals surface area contributed by atoms with Crippen molar-refractivity contribution in [2.75, 3.05) is 17.3 Å². The number of ether oxygens (including phenoxy) is 1. The van der Waals surface area contributed by atoms with E-state index >= 15 is 0 Å². The second-order valence-corrected chi connectivity index (χ2v) is 7.11. The van der Waals surface area contributed by atoms with E-state index in [0.717, 1.165) is 0 Å². The maximum absolute atomic E-state index is 12.5. The third-order valence-electron chi connectivity index (χ3n) is 2.92. The molecule has 6 nitrogen and oxygen atoms in total. The van der Waals surface area contributed by atoms with Crippen molar-refractivity contribution in [1.82, 2.24) is 5.32 Å². The fourth-order valence-corrected chi connectivity index (χ4v) is 2.34. The molecule has 0 aliphatic carbocycles. The van der Waals surface area contributed by atoms with Crippen LogP contribution in [0, 0.1) is 11.3 Å². The van der Waals surface area contributed by atoms with Crippen LogP contribution in [-0.4, -0.2) is 35.7 Å². The molecular weight excluding hydrogens is 326 g/mol. The van der Waals surface area contributed by atoms with E-state index in [-0.39, 0.29) is 5.91 Å². The minimum atomic E-state index is -0.737. The van der Waals surface area contributed by atoms with Crippen LogP contribution in [0.3, 0.4) is 0 Å². The second-order valence-electron chi connectivity index (χ2n) is 6.13. The number of carbonyl (C=O) groups is 2. The van der Waals surface area contributed by atoms with Gasteiger partial charge in [-0.15, -0.1) is 0 Å². The first kappa shape index (κ1) is 19.8. The summed E-state index contributed by atoms with van der Waals surface area (Å²) in [5.41, 5.74) is 0.148. The van der Waals surface area contributed by atoms with Crippen LogP contribution in [0.5, 0.6) is 0 Å². The summed E-state index contributed by atoms with van der Waals surface area (Å²) in [4.78, 5) is 24.4. The van der Waals surface area contributed by atoms with Gasteiger partial charge in [0.2, 0.25) is 5.91 Å². The number of alkyl carbamates (subject to hydrolysis) is 1.